The quantitative estimate of drug-likeness (QED) is 0.827. The number of hydrogen-bond acceptors (Lipinski definition) is 3. The summed E-state index contributed by atoms with van der Waals surface area (Å²) in [6.45, 7) is 1.72. The van der Waals surface area contributed by atoms with E-state index in [-0.39, 0.29) is 12.4 Å². The van der Waals surface area contributed by atoms with Gasteiger partial charge in [0.15, 0.2) is 5.78 Å². The maximum atomic E-state index is 12.2. The summed E-state index contributed by atoms with van der Waals surface area (Å²) in [5.41, 5.74) is 1.12. The normalized spacial score (nSPS) is 24.1. The molecule has 1 aromatic rings. The molecular weight excluding hydrogens is 204 g/mol. The van der Waals surface area contributed by atoms with Crippen molar-refractivity contribution in [2.75, 3.05) is 13.7 Å². The fourth-order valence-electron chi connectivity index (χ4n) is 2.11. The number of rotatable bonds is 2. The second kappa shape index (κ2) is 3.91. The van der Waals surface area contributed by atoms with Crippen molar-refractivity contribution in [1.82, 2.24) is 0 Å². The van der Waals surface area contributed by atoms with Crippen LogP contribution in [0.4, 0.5) is 0 Å². The number of carbonyl (C=O) groups is 1. The van der Waals surface area contributed by atoms with E-state index >= 15 is 0 Å². The van der Waals surface area contributed by atoms with Crippen molar-refractivity contribution in [3.8, 4) is 5.75 Å². The van der Waals surface area contributed by atoms with Gasteiger partial charge in [-0.2, -0.15) is 0 Å². The van der Waals surface area contributed by atoms with Crippen LogP contribution in [0, 0.1) is 5.41 Å². The van der Waals surface area contributed by atoms with Crippen LogP contribution < -0.4 is 4.74 Å². The van der Waals surface area contributed by atoms with E-state index in [2.05, 4.69) is 0 Å². The van der Waals surface area contributed by atoms with Gasteiger partial charge in [0.2, 0.25) is 0 Å². The van der Waals surface area contributed by atoms with Crippen molar-refractivity contribution in [3.05, 3.63) is 29.3 Å². The third-order valence-corrected chi connectivity index (χ3v) is 3.40. The van der Waals surface area contributed by atoms with Gasteiger partial charge in [0.1, 0.15) is 5.75 Å². The number of aliphatic hydroxyl groups excluding tert-OH is 1. The molecule has 1 N–H and O–H groups in total. The number of fused-ring (bicyclic) bond motifs is 1. The van der Waals surface area contributed by atoms with Crippen LogP contribution in [-0.4, -0.2) is 24.6 Å². The fourth-order valence-corrected chi connectivity index (χ4v) is 2.11. The van der Waals surface area contributed by atoms with Gasteiger partial charge in [-0.15, -0.1) is 0 Å². The molecule has 0 spiro atoms. The molecule has 1 aliphatic rings. The molecule has 0 fully saturated rings. The summed E-state index contributed by atoms with van der Waals surface area (Å²) in [7, 11) is 1.58. The zero-order valence-electron chi connectivity index (χ0n) is 9.62. The molecule has 0 saturated carbocycles. The first kappa shape index (κ1) is 11.1. The molecule has 86 valence electrons. The SMILES string of the molecule is COc1ccc2c(c1)C(=O)C(C)(CO)CC2. The molecule has 0 bridgehead atoms. The van der Waals surface area contributed by atoms with Gasteiger partial charge in [0.05, 0.1) is 19.1 Å². The first-order valence-corrected chi connectivity index (χ1v) is 5.43. The van der Waals surface area contributed by atoms with Crippen molar-refractivity contribution in [1.29, 1.82) is 0 Å². The molecule has 2 rings (SSSR count). The molecule has 0 heterocycles. The molecule has 3 heteroatoms. The Morgan fingerprint density at radius 3 is 2.88 bits per heavy atom. The summed E-state index contributed by atoms with van der Waals surface area (Å²) in [5, 5.41) is 9.32. The number of aliphatic hydroxyl groups is 1. The maximum absolute atomic E-state index is 12.2. The zero-order valence-corrected chi connectivity index (χ0v) is 9.62. The number of ether oxygens (including phenoxy) is 1. The smallest absolute Gasteiger partial charge is 0.171 e. The van der Waals surface area contributed by atoms with Crippen molar-refractivity contribution < 1.29 is 14.6 Å². The van der Waals surface area contributed by atoms with Gasteiger partial charge >= 0.3 is 0 Å². The summed E-state index contributed by atoms with van der Waals surface area (Å²) in [5.74, 6) is 0.712. The van der Waals surface area contributed by atoms with Crippen LogP contribution in [0.5, 0.6) is 5.75 Å². The van der Waals surface area contributed by atoms with Gasteiger partial charge in [0, 0.05) is 5.56 Å². The highest BCUT2D eigenvalue weighted by Crippen LogP contribution is 2.36. The number of ketones is 1. The van der Waals surface area contributed by atoms with Gasteiger partial charge in [-0.25, -0.2) is 0 Å². The van der Waals surface area contributed by atoms with Crippen LogP contribution >= 0.6 is 0 Å². The molecule has 0 amide bonds. The number of benzene rings is 1. The Bertz CT molecular complexity index is 425. The Balaban J connectivity index is 2.46. The number of Topliss-reactive ketones (excluding diaryl/α,β-unsaturated/α-hetero) is 1. The molecule has 1 aromatic carbocycles. The van der Waals surface area contributed by atoms with E-state index in [4.69, 9.17) is 4.74 Å². The molecular formula is C13H16O3. The molecule has 0 saturated heterocycles. The standard InChI is InChI=1S/C13H16O3/c1-13(8-14)6-5-9-3-4-10(16-2)7-11(9)12(13)15/h3-4,7,14H,5-6,8H2,1-2H3. The van der Waals surface area contributed by atoms with Crippen molar-refractivity contribution in [2.45, 2.75) is 19.8 Å². The minimum absolute atomic E-state index is 0.0233. The molecule has 1 aliphatic carbocycles. The second-order valence-electron chi connectivity index (χ2n) is 4.57. The lowest BCUT2D eigenvalue weighted by molar-refractivity contribution is 0.0641. The highest BCUT2D eigenvalue weighted by Gasteiger charge is 2.37. The first-order valence-electron chi connectivity index (χ1n) is 5.43. The van der Waals surface area contributed by atoms with Gasteiger partial charge in [0.25, 0.3) is 0 Å². The molecule has 1 unspecified atom stereocenters. The van der Waals surface area contributed by atoms with Gasteiger partial charge in [-0.05, 0) is 30.5 Å². The summed E-state index contributed by atoms with van der Waals surface area (Å²) in [6.07, 6.45) is 1.55. The fraction of sp³-hybridized carbons (Fsp3) is 0.462. The maximum Gasteiger partial charge on any atom is 0.171 e. The summed E-state index contributed by atoms with van der Waals surface area (Å²) in [4.78, 5) is 12.2. The van der Waals surface area contributed by atoms with Gasteiger partial charge in [-0.1, -0.05) is 13.0 Å². The van der Waals surface area contributed by atoms with E-state index in [1.165, 1.54) is 0 Å². The number of aryl methyl sites for hydroxylation is 1. The largest absolute Gasteiger partial charge is 0.497 e. The Kier molecular flexibility index (Phi) is 2.72. The lowest BCUT2D eigenvalue weighted by Crippen LogP contribution is -2.36. The highest BCUT2D eigenvalue weighted by molar-refractivity contribution is 6.03. The van der Waals surface area contributed by atoms with Crippen LogP contribution in [0.1, 0.15) is 29.3 Å². The van der Waals surface area contributed by atoms with Crippen molar-refractivity contribution >= 4 is 5.78 Å². The molecule has 0 aliphatic heterocycles. The van der Waals surface area contributed by atoms with Crippen LogP contribution in [0.25, 0.3) is 0 Å². The summed E-state index contributed by atoms with van der Waals surface area (Å²) >= 11 is 0. The molecule has 0 radical (unpaired) electrons. The molecule has 3 nitrogen and oxygen atoms in total. The molecule has 16 heavy (non-hydrogen) atoms. The Labute approximate surface area is 95.0 Å². The first-order chi connectivity index (χ1) is 7.60. The molecule has 1 atom stereocenters. The van der Waals surface area contributed by atoms with E-state index in [0.29, 0.717) is 17.7 Å². The average Bonchev–Trinajstić information content (AvgIpc) is 2.34. The minimum Gasteiger partial charge on any atom is -0.497 e. The van der Waals surface area contributed by atoms with E-state index in [1.54, 1.807) is 13.2 Å². The van der Waals surface area contributed by atoms with E-state index in [9.17, 15) is 9.90 Å². The number of carbonyl (C=O) groups excluding carboxylic acids is 1. The predicted octanol–water partition coefficient (Wildman–Crippen LogP) is 1.82. The minimum atomic E-state index is -0.626. The van der Waals surface area contributed by atoms with Crippen LogP contribution in [-0.2, 0) is 6.42 Å². The van der Waals surface area contributed by atoms with E-state index in [1.807, 2.05) is 19.1 Å². The van der Waals surface area contributed by atoms with Crippen LogP contribution in [0.3, 0.4) is 0 Å². The number of hydrogen-bond donors (Lipinski definition) is 1. The Morgan fingerprint density at radius 2 is 2.25 bits per heavy atom. The van der Waals surface area contributed by atoms with Gasteiger partial charge in [-0.3, -0.25) is 4.79 Å². The Hall–Kier alpha value is -1.35. The van der Waals surface area contributed by atoms with Crippen LogP contribution in [0.2, 0.25) is 0 Å². The second-order valence-corrected chi connectivity index (χ2v) is 4.57. The van der Waals surface area contributed by atoms with Crippen LogP contribution in [0.15, 0.2) is 18.2 Å². The summed E-state index contributed by atoms with van der Waals surface area (Å²) in [6, 6.07) is 5.57. The van der Waals surface area contributed by atoms with E-state index in [0.717, 1.165) is 12.0 Å². The number of methoxy groups -OCH3 is 1. The lowest BCUT2D eigenvalue weighted by Gasteiger charge is -2.31. The van der Waals surface area contributed by atoms with E-state index < -0.39 is 5.41 Å². The average molecular weight is 220 g/mol. The third kappa shape index (κ3) is 1.61. The lowest BCUT2D eigenvalue weighted by atomic mass is 9.72. The monoisotopic (exact) mass is 220 g/mol. The Morgan fingerprint density at radius 1 is 1.50 bits per heavy atom. The third-order valence-electron chi connectivity index (χ3n) is 3.40. The van der Waals surface area contributed by atoms with Crippen molar-refractivity contribution in [2.24, 2.45) is 5.41 Å². The van der Waals surface area contributed by atoms with Crippen molar-refractivity contribution in [3.63, 3.8) is 0 Å². The predicted molar refractivity (Wildman–Crippen MR) is 60.8 cm³/mol. The zero-order chi connectivity index (χ0) is 11.8. The van der Waals surface area contributed by atoms with Gasteiger partial charge < -0.3 is 9.84 Å². The highest BCUT2D eigenvalue weighted by atomic mass is 16.5. The summed E-state index contributed by atoms with van der Waals surface area (Å²) < 4.78 is 5.12. The topological polar surface area (TPSA) is 46.5 Å². The molecule has 0 aromatic heterocycles.